The van der Waals surface area contributed by atoms with E-state index < -0.39 is 11.5 Å². The van der Waals surface area contributed by atoms with Gasteiger partial charge >= 0.3 is 0 Å². The number of ketones is 1. The number of nitrogens with one attached hydrogen (secondary N) is 1. The normalized spacial score (nSPS) is 26.4. The minimum absolute atomic E-state index is 0. The summed E-state index contributed by atoms with van der Waals surface area (Å²) >= 11 is 0. The summed E-state index contributed by atoms with van der Waals surface area (Å²) in [5.74, 6) is -0.362. The maximum Gasteiger partial charge on any atom is 0.174 e. The Balaban J connectivity index is 0.00000208. The number of piperidine rings is 1. The number of benzene rings is 2. The van der Waals surface area contributed by atoms with Crippen LogP contribution in [0.3, 0.4) is 0 Å². The Kier molecular flexibility index (Phi) is 6.16. The zero-order valence-electron chi connectivity index (χ0n) is 13.9. The smallest absolute Gasteiger partial charge is 0.174 e. The van der Waals surface area contributed by atoms with Crippen LogP contribution in [0.4, 0.5) is 0 Å². The molecule has 0 saturated carbocycles. The maximum atomic E-state index is 13.1. The SMILES string of the molecule is CC[NH+]1CCC(O)(c2ccccc2)C(C(=O)c2ccccc2)C1.[Cl-]. The molecule has 3 atom stereocenters. The van der Waals surface area contributed by atoms with Crippen molar-refractivity contribution in [3.63, 3.8) is 0 Å². The van der Waals surface area contributed by atoms with Crippen molar-refractivity contribution >= 4 is 5.78 Å². The Labute approximate surface area is 149 Å². The largest absolute Gasteiger partial charge is 1.00 e. The molecule has 2 N–H and O–H groups in total. The number of Topliss-reactive ketones (excluding diaryl/α,β-unsaturated/α-hetero) is 1. The van der Waals surface area contributed by atoms with Gasteiger partial charge in [0.2, 0.25) is 0 Å². The van der Waals surface area contributed by atoms with Gasteiger partial charge in [-0.1, -0.05) is 60.7 Å². The van der Waals surface area contributed by atoms with Gasteiger partial charge in [-0.15, -0.1) is 0 Å². The van der Waals surface area contributed by atoms with Crippen LogP contribution in [0.5, 0.6) is 0 Å². The van der Waals surface area contributed by atoms with Gasteiger partial charge in [-0.25, -0.2) is 0 Å². The second kappa shape index (κ2) is 7.93. The number of hydrogen-bond acceptors (Lipinski definition) is 2. The molecule has 128 valence electrons. The second-order valence-electron chi connectivity index (χ2n) is 6.38. The van der Waals surface area contributed by atoms with Crippen molar-refractivity contribution in [3.05, 3.63) is 71.8 Å². The van der Waals surface area contributed by atoms with Crippen LogP contribution in [-0.4, -0.2) is 30.5 Å². The van der Waals surface area contributed by atoms with Crippen LogP contribution in [0, 0.1) is 5.92 Å². The topological polar surface area (TPSA) is 41.7 Å². The summed E-state index contributed by atoms with van der Waals surface area (Å²) in [6.07, 6.45) is 0.615. The minimum atomic E-state index is -1.08. The molecule has 1 aliphatic heterocycles. The summed E-state index contributed by atoms with van der Waals surface area (Å²) in [4.78, 5) is 14.5. The third-order valence-electron chi connectivity index (χ3n) is 5.08. The van der Waals surface area contributed by atoms with Crippen LogP contribution in [0.2, 0.25) is 0 Å². The molecule has 0 aliphatic carbocycles. The van der Waals surface area contributed by atoms with Crippen LogP contribution < -0.4 is 17.3 Å². The highest BCUT2D eigenvalue weighted by Crippen LogP contribution is 2.36. The fourth-order valence-electron chi connectivity index (χ4n) is 3.61. The summed E-state index contributed by atoms with van der Waals surface area (Å²) in [6.45, 7) is 4.67. The monoisotopic (exact) mass is 345 g/mol. The highest BCUT2D eigenvalue weighted by Gasteiger charge is 2.48. The van der Waals surface area contributed by atoms with Gasteiger partial charge in [0.1, 0.15) is 11.5 Å². The van der Waals surface area contributed by atoms with E-state index in [2.05, 4.69) is 6.92 Å². The van der Waals surface area contributed by atoms with Crippen molar-refractivity contribution < 1.29 is 27.2 Å². The predicted molar refractivity (Wildman–Crippen MR) is 90.5 cm³/mol. The van der Waals surface area contributed by atoms with Crippen molar-refractivity contribution in [2.45, 2.75) is 18.9 Å². The van der Waals surface area contributed by atoms with E-state index in [-0.39, 0.29) is 18.2 Å². The van der Waals surface area contributed by atoms with E-state index in [0.717, 1.165) is 18.7 Å². The number of carbonyl (C=O) groups excluding carboxylic acids is 1. The van der Waals surface area contributed by atoms with Crippen molar-refractivity contribution in [2.75, 3.05) is 19.6 Å². The van der Waals surface area contributed by atoms with Gasteiger partial charge in [-0.2, -0.15) is 0 Å². The number of aliphatic hydroxyl groups is 1. The molecule has 0 radical (unpaired) electrons. The summed E-state index contributed by atoms with van der Waals surface area (Å²) in [7, 11) is 0. The zero-order valence-corrected chi connectivity index (χ0v) is 14.7. The average Bonchev–Trinajstić information content (AvgIpc) is 2.63. The Hall–Kier alpha value is -1.68. The molecule has 3 unspecified atom stereocenters. The van der Waals surface area contributed by atoms with Crippen molar-refractivity contribution in [3.8, 4) is 0 Å². The third-order valence-corrected chi connectivity index (χ3v) is 5.08. The lowest BCUT2D eigenvalue weighted by Crippen LogP contribution is -3.14. The van der Waals surface area contributed by atoms with Crippen molar-refractivity contribution in [2.24, 2.45) is 5.92 Å². The standard InChI is InChI=1S/C20H23NO2.ClH/c1-2-21-14-13-20(23,17-11-7-4-8-12-17)18(15-21)19(22)16-9-5-3-6-10-16;/h3-12,18,23H,2,13-15H2,1H3;1H. The number of quaternary nitrogens is 1. The highest BCUT2D eigenvalue weighted by atomic mass is 35.5. The number of rotatable bonds is 4. The van der Waals surface area contributed by atoms with E-state index in [1.807, 2.05) is 60.7 Å². The number of likely N-dealkylation sites (tertiary alicyclic amines) is 1. The average molecular weight is 346 g/mol. The molecule has 1 aliphatic rings. The van der Waals surface area contributed by atoms with E-state index in [1.165, 1.54) is 4.90 Å². The Morgan fingerprint density at radius 2 is 1.71 bits per heavy atom. The maximum absolute atomic E-state index is 13.1. The van der Waals surface area contributed by atoms with Gasteiger partial charge in [-0.3, -0.25) is 4.79 Å². The number of carbonyl (C=O) groups is 1. The van der Waals surface area contributed by atoms with E-state index in [0.29, 0.717) is 18.5 Å². The van der Waals surface area contributed by atoms with Crippen LogP contribution >= 0.6 is 0 Å². The van der Waals surface area contributed by atoms with Crippen LogP contribution in [0.15, 0.2) is 60.7 Å². The molecule has 3 nitrogen and oxygen atoms in total. The molecule has 1 saturated heterocycles. The highest BCUT2D eigenvalue weighted by molar-refractivity contribution is 5.98. The summed E-state index contributed by atoms with van der Waals surface area (Å²) in [5.41, 5.74) is 0.459. The molecule has 1 heterocycles. The Morgan fingerprint density at radius 3 is 2.29 bits per heavy atom. The lowest BCUT2D eigenvalue weighted by Gasteiger charge is -2.41. The molecule has 2 aromatic rings. The third kappa shape index (κ3) is 3.54. The fourth-order valence-corrected chi connectivity index (χ4v) is 3.61. The summed E-state index contributed by atoms with van der Waals surface area (Å²) in [6, 6.07) is 19.0. The first-order valence-corrected chi connectivity index (χ1v) is 8.36. The molecule has 3 rings (SSSR count). The van der Waals surface area contributed by atoms with Gasteiger partial charge < -0.3 is 22.4 Å². The fraction of sp³-hybridized carbons (Fsp3) is 0.350. The van der Waals surface area contributed by atoms with Gasteiger partial charge in [-0.05, 0) is 12.5 Å². The molecule has 24 heavy (non-hydrogen) atoms. The molecule has 1 fully saturated rings. The Bertz CT molecular complexity index is 662. The van der Waals surface area contributed by atoms with Gasteiger partial charge in [0, 0.05) is 12.0 Å². The zero-order chi connectivity index (χ0) is 16.3. The molecular formula is C20H24ClNO2. The quantitative estimate of drug-likeness (QED) is 0.675. The van der Waals surface area contributed by atoms with Crippen LogP contribution in [0.25, 0.3) is 0 Å². The molecule has 0 amide bonds. The predicted octanol–water partition coefficient (Wildman–Crippen LogP) is -1.31. The lowest BCUT2D eigenvalue weighted by molar-refractivity contribution is -0.908. The summed E-state index contributed by atoms with van der Waals surface area (Å²) < 4.78 is 0. The van der Waals surface area contributed by atoms with Gasteiger partial charge in [0.05, 0.1) is 19.6 Å². The molecule has 4 heteroatoms. The molecule has 0 aromatic heterocycles. The first-order valence-electron chi connectivity index (χ1n) is 8.36. The van der Waals surface area contributed by atoms with Gasteiger partial charge in [0.15, 0.2) is 5.78 Å². The van der Waals surface area contributed by atoms with Crippen LogP contribution in [0.1, 0.15) is 29.3 Å². The Morgan fingerprint density at radius 1 is 1.12 bits per heavy atom. The molecular weight excluding hydrogens is 322 g/mol. The summed E-state index contributed by atoms with van der Waals surface area (Å²) in [5, 5.41) is 11.4. The van der Waals surface area contributed by atoms with Crippen LogP contribution in [-0.2, 0) is 5.60 Å². The van der Waals surface area contributed by atoms with Crippen molar-refractivity contribution in [1.82, 2.24) is 0 Å². The van der Waals surface area contributed by atoms with Crippen molar-refractivity contribution in [1.29, 1.82) is 0 Å². The van der Waals surface area contributed by atoms with E-state index in [9.17, 15) is 9.90 Å². The second-order valence-corrected chi connectivity index (χ2v) is 6.38. The molecule has 0 spiro atoms. The molecule has 0 bridgehead atoms. The number of halogens is 1. The molecule has 2 aromatic carbocycles. The minimum Gasteiger partial charge on any atom is -1.00 e. The van der Waals surface area contributed by atoms with E-state index in [4.69, 9.17) is 0 Å². The first kappa shape index (κ1) is 18.7. The van der Waals surface area contributed by atoms with E-state index >= 15 is 0 Å². The number of hydrogen-bond donors (Lipinski definition) is 2. The van der Waals surface area contributed by atoms with E-state index in [1.54, 1.807) is 0 Å². The van der Waals surface area contributed by atoms with Gasteiger partial charge in [0.25, 0.3) is 0 Å². The first-order chi connectivity index (χ1) is 11.1. The lowest BCUT2D eigenvalue weighted by atomic mass is 9.72.